The molecule has 34 nitrogen and oxygen atoms in total. The molecule has 0 radical (unpaired) electrons. The number of aromatic carboxylic acids is 1. The van der Waals surface area contributed by atoms with E-state index < -0.39 is 120 Å². The molecule has 0 saturated carbocycles. The minimum Gasteiger partial charge on any atom is -0.478 e. The fourth-order valence-corrected chi connectivity index (χ4v) is 16.9. The number of carbonyl (C=O) groups is 4. The summed E-state index contributed by atoms with van der Waals surface area (Å²) >= 11 is 0. The van der Waals surface area contributed by atoms with Gasteiger partial charge in [0, 0.05) is 82.4 Å². The lowest BCUT2D eigenvalue weighted by Gasteiger charge is -2.34. The fraction of sp³-hybridized carbons (Fsp3) is 0.375. The summed E-state index contributed by atoms with van der Waals surface area (Å²) in [5.41, 5.74) is 5.38. The van der Waals surface area contributed by atoms with Crippen LogP contribution < -0.4 is 42.6 Å². The molecule has 0 spiro atoms. The number of nitrogen functional groups attached to an aromatic ring is 1. The van der Waals surface area contributed by atoms with E-state index in [4.69, 9.17) is 44.0 Å². The van der Waals surface area contributed by atoms with E-state index in [0.717, 1.165) is 0 Å². The Morgan fingerprint density at radius 2 is 1.57 bits per heavy atom. The Kier molecular flexibility index (Phi) is 22.2. The molecule has 13 N–H and O–H groups in total. The van der Waals surface area contributed by atoms with E-state index in [-0.39, 0.29) is 107 Å². The third kappa shape index (κ3) is 19.4. The van der Waals surface area contributed by atoms with Crippen molar-refractivity contribution in [1.82, 2.24) is 25.2 Å². The average Bonchev–Trinajstić information content (AvgIpc) is 1.39. The Bertz CT molecular complexity index is 4790. The number of hydrogen-bond acceptors (Lipinski definition) is 25. The van der Waals surface area contributed by atoms with Gasteiger partial charge in [0.2, 0.25) is 5.95 Å². The molecule has 97 heavy (non-hydrogen) atoms. The zero-order valence-electron chi connectivity index (χ0n) is 51.6. The monoisotopic (exact) mass is 1480 g/mol. The van der Waals surface area contributed by atoms with Crippen LogP contribution in [0.25, 0.3) is 27.8 Å². The summed E-state index contributed by atoms with van der Waals surface area (Å²) in [6.45, 7) is 7.01. The van der Waals surface area contributed by atoms with E-state index in [1.165, 1.54) is 57.5 Å². The van der Waals surface area contributed by atoms with Gasteiger partial charge in [-0.3, -0.25) is 38.0 Å². The smallest absolute Gasteiger partial charge is 0.478 e. The number of ketones is 1. The van der Waals surface area contributed by atoms with Gasteiger partial charge in [-0.25, -0.2) is 23.3 Å². The number of anilines is 2. The van der Waals surface area contributed by atoms with Crippen LogP contribution in [0.2, 0.25) is 0 Å². The number of phosphoric acid groups is 3. The van der Waals surface area contributed by atoms with E-state index in [1.807, 2.05) is 0 Å². The predicted molar refractivity (Wildman–Crippen MR) is 351 cm³/mol. The summed E-state index contributed by atoms with van der Waals surface area (Å²) in [5.74, 6) is 2.26. The maximum atomic E-state index is 13.7. The Balaban J connectivity index is 0.822. The molecular weight excluding hydrogens is 1420 g/mol. The predicted octanol–water partition coefficient (Wildman–Crippen LogP) is 4.40. The zero-order chi connectivity index (χ0) is 71.0. The molecule has 2 aromatic heterocycles. The highest BCUT2D eigenvalue weighted by Crippen LogP contribution is 2.66. The van der Waals surface area contributed by atoms with Gasteiger partial charge in [-0.15, -0.1) is 0 Å². The molecule has 1 saturated heterocycles. The number of nitrogens with zero attached hydrogens (tertiary/aromatic N) is 3. The number of fused-ring (bicyclic) bond motifs is 5. The number of hydrogen-bond donors (Lipinski definition) is 12. The first-order valence-corrected chi connectivity index (χ1v) is 38.9. The molecule has 4 aliphatic heterocycles. The number of carboxylic acids is 1. The SMILES string of the molecule is CC(=O)CCO[C@@H]1C[C@H](n2cc(C#CCNC(=O)OCCSSCCNC(=O)c3ccc(C4=c5cc6c(cc5Oc5cc7c(cc54)C(CS(=O)(=O)O)=CC(C)(C)N7)=NC(C)(C)C=C6CS(=O)(=O)O)cc3C(=O)O)c3c(=O)[nH]c(N)nc32)O[C@@H]1COP(=O)(O)OP(=O)(O)OP(=O)(O)O. The quantitative estimate of drug-likeness (QED) is 0.0112. The van der Waals surface area contributed by atoms with Crippen LogP contribution in [0, 0.1) is 11.8 Å². The zero-order valence-corrected chi connectivity index (χ0v) is 57.5. The van der Waals surface area contributed by atoms with Crippen LogP contribution in [0.3, 0.4) is 0 Å². The first-order chi connectivity index (χ1) is 45.1. The van der Waals surface area contributed by atoms with Crippen molar-refractivity contribution in [3.8, 4) is 23.3 Å². The molecular formula is C56H63N8O26P3S4. The Morgan fingerprint density at radius 3 is 2.25 bits per heavy atom. The highest BCUT2D eigenvalue weighted by atomic mass is 33.1. The number of benzene rings is 3. The number of aromatic amines is 1. The third-order valence-electron chi connectivity index (χ3n) is 14.3. The molecule has 5 atom stereocenters. The molecule has 0 bridgehead atoms. The Morgan fingerprint density at radius 1 is 0.866 bits per heavy atom. The van der Waals surface area contributed by atoms with Crippen molar-refractivity contribution >= 4 is 128 Å². The lowest BCUT2D eigenvalue weighted by molar-refractivity contribution is -0.119. The highest BCUT2D eigenvalue weighted by molar-refractivity contribution is 8.76. The molecule has 9 rings (SSSR count). The Hall–Kier alpha value is -7.08. The van der Waals surface area contributed by atoms with Gasteiger partial charge in [0.25, 0.3) is 31.7 Å². The number of nitrogens with two attached hydrogens (primary N) is 1. The molecule has 522 valence electrons. The molecule has 1 fully saturated rings. The number of H-pyrrole nitrogens is 1. The van der Waals surface area contributed by atoms with Crippen molar-refractivity contribution in [1.29, 1.82) is 0 Å². The van der Waals surface area contributed by atoms with Crippen molar-refractivity contribution in [2.24, 2.45) is 4.99 Å². The number of alkyl carbamates (subject to hydrolysis) is 1. The second-order valence-corrected chi connectivity index (χ2v) is 33.1. The summed E-state index contributed by atoms with van der Waals surface area (Å²) < 4.78 is 142. The van der Waals surface area contributed by atoms with Gasteiger partial charge in [-0.2, -0.15) is 30.4 Å². The fourth-order valence-electron chi connectivity index (χ4n) is 10.9. The number of rotatable bonds is 27. The van der Waals surface area contributed by atoms with Gasteiger partial charge >= 0.3 is 35.5 Å². The number of phosphoric ester groups is 1. The number of carbonyl (C=O) groups excluding carboxylic acids is 3. The highest BCUT2D eigenvalue weighted by Gasteiger charge is 2.44. The molecule has 2 amide bonds. The van der Waals surface area contributed by atoms with Crippen LogP contribution in [-0.4, -0.2) is 168 Å². The summed E-state index contributed by atoms with van der Waals surface area (Å²) in [4.78, 5) is 113. The largest absolute Gasteiger partial charge is 0.490 e. The minimum atomic E-state index is -5.86. The van der Waals surface area contributed by atoms with E-state index in [0.29, 0.717) is 44.3 Å². The third-order valence-corrected chi connectivity index (χ3v) is 21.9. The maximum Gasteiger partial charge on any atom is 0.490 e. The van der Waals surface area contributed by atoms with E-state index in [9.17, 15) is 78.5 Å². The van der Waals surface area contributed by atoms with Gasteiger partial charge in [0.1, 0.15) is 47.7 Å². The molecule has 4 aliphatic rings. The van der Waals surface area contributed by atoms with Crippen LogP contribution in [0.5, 0.6) is 11.5 Å². The van der Waals surface area contributed by atoms with E-state index in [1.54, 1.807) is 64.1 Å². The van der Waals surface area contributed by atoms with Crippen LogP contribution in [0.15, 0.2) is 70.6 Å². The summed E-state index contributed by atoms with van der Waals surface area (Å²) in [6, 6.07) is 10.6. The first kappa shape index (κ1) is 74.2. The number of carboxylic acid groups (broad SMARTS) is 1. The molecule has 2 unspecified atom stereocenters. The Labute approximate surface area is 559 Å². The van der Waals surface area contributed by atoms with Crippen molar-refractivity contribution < 1.29 is 116 Å². The molecule has 5 aromatic rings. The van der Waals surface area contributed by atoms with Crippen LogP contribution in [0.1, 0.15) is 102 Å². The van der Waals surface area contributed by atoms with E-state index in [2.05, 4.69) is 46.4 Å². The number of ether oxygens (including phenoxy) is 4. The van der Waals surface area contributed by atoms with Crippen LogP contribution >= 0.6 is 45.1 Å². The standard InChI is InChI=1S/C56H63N8O26P3S4/c1-29(65)10-13-84-44-22-46(88-45(44)26-86-92(74,75)90-93(76,77)89-91(71,72)73)64-25-31(48-49(64)60-53(57)61-51(48)67)7-6-11-59-54(70)85-14-16-95-94-15-12-58-50(66)34-9-8-30(17-37(34)52(68)69)47-38-18-35-32(27-96(78,79)80)23-55(2,3)62-40(35)20-42(38)87-43-21-41-36(19-39(43)47)33(28-97(81,82)83)24-56(4,5)63-41/h8-9,17-21,23-25,44-46,62H,10-16,22,26-28H2,1-5H3,(H,58,66)(H,59,70)(H,68,69)(H,74,75)(H,76,77)(H2,71,72,73)(H,78,79,80)(H,81,82,83)(H3,57,60,61,67)/t44-,45-,46-/m1/s1. The summed E-state index contributed by atoms with van der Waals surface area (Å²) in [7, 11) is -23.7. The second-order valence-electron chi connectivity index (χ2n) is 23.1. The lowest BCUT2D eigenvalue weighted by atomic mass is 9.85. The maximum absolute atomic E-state index is 13.7. The first-order valence-electron chi connectivity index (χ1n) is 28.6. The molecule has 3 aromatic carbocycles. The number of nitrogens with one attached hydrogen (secondary N) is 4. The number of Topliss-reactive ketones (excluding diaryl/α,β-unsaturated/α-hetero) is 1. The number of amides is 2. The van der Waals surface area contributed by atoms with Crippen LogP contribution in [-0.2, 0) is 66.1 Å². The van der Waals surface area contributed by atoms with E-state index >= 15 is 0 Å². The summed E-state index contributed by atoms with van der Waals surface area (Å²) in [5, 5.41) is 19.7. The van der Waals surface area contributed by atoms with Gasteiger partial charge in [0.05, 0.1) is 64.4 Å². The molecule has 6 heterocycles. The number of aromatic nitrogens is 3. The van der Waals surface area contributed by atoms with Crippen molar-refractivity contribution in [2.75, 3.05) is 67.0 Å². The summed E-state index contributed by atoms with van der Waals surface area (Å²) in [6.07, 6.45) is 0.129. The van der Waals surface area contributed by atoms with Crippen molar-refractivity contribution in [3.05, 3.63) is 121 Å². The lowest BCUT2D eigenvalue weighted by Crippen LogP contribution is -2.33. The average molecular weight is 1490 g/mol. The molecule has 0 aliphatic carbocycles. The minimum absolute atomic E-state index is 0.0558. The van der Waals surface area contributed by atoms with Gasteiger partial charge in [-0.05, 0) is 75.6 Å². The van der Waals surface area contributed by atoms with Gasteiger partial charge in [0.15, 0.2) is 5.65 Å². The topological polar surface area (TPSA) is 519 Å². The van der Waals surface area contributed by atoms with Crippen LogP contribution in [0.4, 0.5) is 16.4 Å². The normalized spacial score (nSPS) is 18.9. The van der Waals surface area contributed by atoms with Crippen molar-refractivity contribution in [2.45, 2.75) is 77.0 Å². The second kappa shape index (κ2) is 29.0. The van der Waals surface area contributed by atoms with Gasteiger partial charge < -0.3 is 69.9 Å². The molecule has 41 heteroatoms. The van der Waals surface area contributed by atoms with Crippen molar-refractivity contribution in [3.63, 3.8) is 0 Å². The van der Waals surface area contributed by atoms with Gasteiger partial charge in [-0.1, -0.05) is 51.6 Å².